The van der Waals surface area contributed by atoms with Crippen molar-refractivity contribution in [3.05, 3.63) is 35.4 Å². The quantitative estimate of drug-likeness (QED) is 0.841. The van der Waals surface area contributed by atoms with Gasteiger partial charge in [0.2, 0.25) is 5.91 Å². The number of aryl methyl sites for hydroxylation is 1. The van der Waals surface area contributed by atoms with Crippen LogP contribution in [0.3, 0.4) is 0 Å². The molecule has 0 aliphatic carbocycles. The maximum atomic E-state index is 12.0. The predicted octanol–water partition coefficient (Wildman–Crippen LogP) is 1.27. The molecule has 0 saturated heterocycles. The Balaban J connectivity index is 2.46. The normalized spacial score (nSPS) is 12.5. The number of likely N-dealkylation sites (N-methyl/N-ethyl adjacent to an activating group) is 2. The lowest BCUT2D eigenvalue weighted by atomic mass is 10.1. The predicted molar refractivity (Wildman–Crippen MR) is 76.8 cm³/mol. The molecule has 1 N–H and O–H groups in total. The van der Waals surface area contributed by atoms with Crippen LogP contribution in [0.4, 0.5) is 0 Å². The molecule has 1 amide bonds. The summed E-state index contributed by atoms with van der Waals surface area (Å²) in [6.45, 7) is 5.21. The molecule has 0 spiro atoms. The van der Waals surface area contributed by atoms with Gasteiger partial charge in [0.1, 0.15) is 0 Å². The molecular weight excluding hydrogens is 240 g/mol. The van der Waals surface area contributed by atoms with E-state index in [4.69, 9.17) is 0 Å². The van der Waals surface area contributed by atoms with Gasteiger partial charge in [-0.1, -0.05) is 29.8 Å². The van der Waals surface area contributed by atoms with E-state index >= 15 is 0 Å². The number of carbonyl (C=O) groups is 1. The highest BCUT2D eigenvalue weighted by molar-refractivity contribution is 5.77. The summed E-state index contributed by atoms with van der Waals surface area (Å²) >= 11 is 0. The summed E-state index contributed by atoms with van der Waals surface area (Å²) in [7, 11) is 3.64. The molecule has 19 heavy (non-hydrogen) atoms. The highest BCUT2D eigenvalue weighted by Crippen LogP contribution is 2.06. The molecule has 0 aliphatic rings. The first-order valence-corrected chi connectivity index (χ1v) is 6.54. The van der Waals surface area contributed by atoms with Crippen LogP contribution in [0, 0.1) is 6.92 Å². The monoisotopic (exact) mass is 264 g/mol. The summed E-state index contributed by atoms with van der Waals surface area (Å²) in [6, 6.07) is 8.18. The van der Waals surface area contributed by atoms with E-state index < -0.39 is 6.10 Å². The van der Waals surface area contributed by atoms with Crippen LogP contribution in [0.25, 0.3) is 0 Å². The molecule has 4 heteroatoms. The number of nitrogens with zero attached hydrogens (tertiary/aromatic N) is 2. The van der Waals surface area contributed by atoms with Crippen molar-refractivity contribution in [3.63, 3.8) is 0 Å². The average Bonchev–Trinajstić information content (AvgIpc) is 2.30. The lowest BCUT2D eigenvalue weighted by Crippen LogP contribution is -2.38. The highest BCUT2D eigenvalue weighted by Gasteiger charge is 2.13. The molecule has 1 atom stereocenters. The fraction of sp³-hybridized carbons (Fsp3) is 0.533. The van der Waals surface area contributed by atoms with Crippen LogP contribution in [-0.2, 0) is 11.3 Å². The summed E-state index contributed by atoms with van der Waals surface area (Å²) in [5.74, 6) is 0.0590. The second kappa shape index (κ2) is 7.26. The van der Waals surface area contributed by atoms with E-state index in [1.807, 2.05) is 43.1 Å². The zero-order chi connectivity index (χ0) is 14.4. The molecule has 4 nitrogen and oxygen atoms in total. The van der Waals surface area contributed by atoms with Gasteiger partial charge < -0.3 is 10.0 Å². The second-order valence-corrected chi connectivity index (χ2v) is 5.28. The largest absolute Gasteiger partial charge is 0.392 e. The van der Waals surface area contributed by atoms with Crippen LogP contribution >= 0.6 is 0 Å². The molecule has 0 aromatic heterocycles. The maximum absolute atomic E-state index is 12.0. The Bertz CT molecular complexity index is 401. The molecule has 1 rings (SSSR count). The van der Waals surface area contributed by atoms with Crippen LogP contribution in [0.5, 0.6) is 0 Å². The van der Waals surface area contributed by atoms with Gasteiger partial charge in [-0.15, -0.1) is 0 Å². The number of aliphatic hydroxyl groups excluding tert-OH is 1. The number of carbonyl (C=O) groups excluding carboxylic acids is 1. The molecule has 0 radical (unpaired) electrons. The number of rotatable bonds is 6. The first-order chi connectivity index (χ1) is 8.88. The second-order valence-electron chi connectivity index (χ2n) is 5.28. The van der Waals surface area contributed by atoms with Crippen LogP contribution in [0.1, 0.15) is 18.1 Å². The fourth-order valence-electron chi connectivity index (χ4n) is 1.92. The average molecular weight is 264 g/mol. The van der Waals surface area contributed by atoms with Crippen LogP contribution < -0.4 is 0 Å². The molecule has 1 aromatic rings. The highest BCUT2D eigenvalue weighted by atomic mass is 16.3. The summed E-state index contributed by atoms with van der Waals surface area (Å²) in [4.78, 5) is 15.6. The van der Waals surface area contributed by atoms with Crippen molar-refractivity contribution < 1.29 is 9.90 Å². The molecule has 0 aliphatic heterocycles. The van der Waals surface area contributed by atoms with E-state index in [1.165, 1.54) is 5.56 Å². The number of amides is 1. The van der Waals surface area contributed by atoms with E-state index in [2.05, 4.69) is 0 Å². The van der Waals surface area contributed by atoms with Gasteiger partial charge >= 0.3 is 0 Å². The molecule has 0 bridgehead atoms. The van der Waals surface area contributed by atoms with Gasteiger partial charge in [0.25, 0.3) is 0 Å². The zero-order valence-electron chi connectivity index (χ0n) is 12.3. The van der Waals surface area contributed by atoms with E-state index in [-0.39, 0.29) is 5.91 Å². The van der Waals surface area contributed by atoms with E-state index in [0.717, 1.165) is 5.56 Å². The first kappa shape index (κ1) is 15.7. The zero-order valence-corrected chi connectivity index (χ0v) is 12.3. The van der Waals surface area contributed by atoms with Gasteiger partial charge in [0.15, 0.2) is 0 Å². The minimum absolute atomic E-state index is 0.0590. The minimum Gasteiger partial charge on any atom is -0.392 e. The van der Waals surface area contributed by atoms with Crippen LogP contribution in [-0.4, -0.2) is 54.1 Å². The Kier molecular flexibility index (Phi) is 5.99. The molecule has 0 saturated carbocycles. The summed E-state index contributed by atoms with van der Waals surface area (Å²) in [6.07, 6.45) is -0.416. The number of hydrogen-bond acceptors (Lipinski definition) is 3. The molecule has 106 valence electrons. The van der Waals surface area contributed by atoms with Crippen molar-refractivity contribution in [3.8, 4) is 0 Å². The summed E-state index contributed by atoms with van der Waals surface area (Å²) in [5, 5.41) is 9.27. The molecule has 1 aromatic carbocycles. The van der Waals surface area contributed by atoms with Crippen molar-refractivity contribution in [1.29, 1.82) is 0 Å². The van der Waals surface area contributed by atoms with Gasteiger partial charge in [0.05, 0.1) is 12.6 Å². The number of aliphatic hydroxyl groups is 1. The van der Waals surface area contributed by atoms with Crippen molar-refractivity contribution in [1.82, 2.24) is 9.80 Å². The SMILES string of the molecule is Cc1ccc(CN(C)C(=O)CN(C)CC(C)O)cc1. The Morgan fingerprint density at radius 2 is 1.84 bits per heavy atom. The van der Waals surface area contributed by atoms with Crippen molar-refractivity contribution in [2.75, 3.05) is 27.2 Å². The lowest BCUT2D eigenvalue weighted by molar-refractivity contribution is -0.131. The van der Waals surface area contributed by atoms with Crippen LogP contribution in [0.2, 0.25) is 0 Å². The summed E-state index contributed by atoms with van der Waals surface area (Å²) in [5.41, 5.74) is 2.34. The smallest absolute Gasteiger partial charge is 0.236 e. The van der Waals surface area contributed by atoms with Gasteiger partial charge in [-0.25, -0.2) is 0 Å². The lowest BCUT2D eigenvalue weighted by Gasteiger charge is -2.22. The van der Waals surface area contributed by atoms with Crippen LogP contribution in [0.15, 0.2) is 24.3 Å². The Morgan fingerprint density at radius 1 is 1.26 bits per heavy atom. The standard InChI is InChI=1S/C15H24N2O2/c1-12-5-7-14(8-6-12)10-17(4)15(19)11-16(3)9-13(2)18/h5-8,13,18H,9-11H2,1-4H3. The topological polar surface area (TPSA) is 43.8 Å². The van der Waals surface area contributed by atoms with Gasteiger partial charge in [-0.3, -0.25) is 9.69 Å². The third-order valence-corrected chi connectivity index (χ3v) is 2.95. The molecule has 0 heterocycles. The van der Waals surface area contributed by atoms with Gasteiger partial charge in [-0.05, 0) is 26.5 Å². The Labute approximate surface area is 115 Å². The van der Waals surface area contributed by atoms with Crippen molar-refractivity contribution >= 4 is 5.91 Å². The molecule has 0 fully saturated rings. The van der Waals surface area contributed by atoms with Gasteiger partial charge in [-0.2, -0.15) is 0 Å². The minimum atomic E-state index is -0.416. The summed E-state index contributed by atoms with van der Waals surface area (Å²) < 4.78 is 0. The van der Waals surface area contributed by atoms with E-state index in [9.17, 15) is 9.90 Å². The van der Waals surface area contributed by atoms with Crippen molar-refractivity contribution in [2.45, 2.75) is 26.5 Å². The van der Waals surface area contributed by atoms with E-state index in [0.29, 0.717) is 19.6 Å². The first-order valence-electron chi connectivity index (χ1n) is 6.54. The number of hydrogen-bond donors (Lipinski definition) is 1. The number of benzene rings is 1. The van der Waals surface area contributed by atoms with Gasteiger partial charge in [0, 0.05) is 20.1 Å². The maximum Gasteiger partial charge on any atom is 0.236 e. The Hall–Kier alpha value is -1.39. The third kappa shape index (κ3) is 5.85. The molecule has 1 unspecified atom stereocenters. The van der Waals surface area contributed by atoms with E-state index in [1.54, 1.807) is 18.9 Å². The molecular formula is C15H24N2O2. The van der Waals surface area contributed by atoms with Crippen molar-refractivity contribution in [2.24, 2.45) is 0 Å². The fourth-order valence-corrected chi connectivity index (χ4v) is 1.92. The third-order valence-electron chi connectivity index (χ3n) is 2.95. The Morgan fingerprint density at radius 3 is 2.37 bits per heavy atom.